The summed E-state index contributed by atoms with van der Waals surface area (Å²) in [5.41, 5.74) is 2.38. The summed E-state index contributed by atoms with van der Waals surface area (Å²) in [6.07, 6.45) is -0.719. The lowest BCUT2D eigenvalue weighted by atomic mass is 10.1. The summed E-state index contributed by atoms with van der Waals surface area (Å²) in [6, 6.07) is 16.3. The second kappa shape index (κ2) is 9.09. The molecule has 0 amide bonds. The van der Waals surface area contributed by atoms with Crippen molar-refractivity contribution in [2.75, 3.05) is 6.61 Å². The van der Waals surface area contributed by atoms with E-state index in [9.17, 15) is 13.5 Å². The van der Waals surface area contributed by atoms with Gasteiger partial charge in [0.25, 0.3) is 0 Å². The molecule has 0 aliphatic rings. The minimum absolute atomic E-state index is 0.166. The topological polar surface area (TPSA) is 75.6 Å². The highest BCUT2D eigenvalue weighted by Gasteiger charge is 2.18. The van der Waals surface area contributed by atoms with E-state index in [0.29, 0.717) is 6.61 Å². The number of aryl methyl sites for hydroxylation is 2. The van der Waals surface area contributed by atoms with Crippen LogP contribution in [0.2, 0.25) is 0 Å². The van der Waals surface area contributed by atoms with Gasteiger partial charge in [0.05, 0.1) is 11.5 Å². The van der Waals surface area contributed by atoms with Crippen LogP contribution in [0.3, 0.4) is 0 Å². The maximum Gasteiger partial charge on any atom is 0.240 e. The smallest absolute Gasteiger partial charge is 0.240 e. The lowest BCUT2D eigenvalue weighted by molar-refractivity contribution is 0.224. The molecule has 29 heavy (non-hydrogen) atoms. The highest BCUT2D eigenvalue weighted by atomic mass is 32.2. The van der Waals surface area contributed by atoms with Gasteiger partial charge in [-0.3, -0.25) is 0 Å². The Hall–Kier alpha value is -2.19. The van der Waals surface area contributed by atoms with Gasteiger partial charge < -0.3 is 9.84 Å². The van der Waals surface area contributed by atoms with Crippen molar-refractivity contribution in [1.82, 2.24) is 4.72 Å². The summed E-state index contributed by atoms with van der Waals surface area (Å²) in [5.74, 6) is 0.726. The molecule has 0 spiro atoms. The number of nitrogens with one attached hydrogen (secondary N) is 1. The van der Waals surface area contributed by atoms with E-state index in [4.69, 9.17) is 4.74 Å². The Morgan fingerprint density at radius 1 is 1.07 bits per heavy atom. The molecule has 3 rings (SSSR count). The van der Waals surface area contributed by atoms with Crippen LogP contribution >= 0.6 is 11.3 Å². The van der Waals surface area contributed by atoms with Crippen molar-refractivity contribution in [3.63, 3.8) is 0 Å². The van der Waals surface area contributed by atoms with Crippen LogP contribution in [-0.2, 0) is 16.6 Å². The van der Waals surface area contributed by atoms with E-state index >= 15 is 0 Å². The fourth-order valence-electron chi connectivity index (χ4n) is 3.12. The first-order chi connectivity index (χ1) is 13.8. The van der Waals surface area contributed by atoms with Crippen molar-refractivity contribution in [1.29, 1.82) is 0 Å². The summed E-state index contributed by atoms with van der Waals surface area (Å²) in [4.78, 5) is 1.83. The number of ether oxygens (including phenoxy) is 1. The molecular formula is C22H25NO4S2. The first-order valence-corrected chi connectivity index (χ1v) is 11.7. The van der Waals surface area contributed by atoms with Crippen molar-refractivity contribution in [3.8, 4) is 5.75 Å². The number of aliphatic hydroxyl groups excluding tert-OH is 1. The van der Waals surface area contributed by atoms with E-state index in [1.165, 1.54) is 11.3 Å². The minimum Gasteiger partial charge on any atom is -0.493 e. The van der Waals surface area contributed by atoms with Gasteiger partial charge in [0.15, 0.2) is 0 Å². The van der Waals surface area contributed by atoms with Crippen LogP contribution in [0.1, 0.15) is 39.5 Å². The van der Waals surface area contributed by atoms with Crippen molar-refractivity contribution in [3.05, 3.63) is 81.0 Å². The summed E-state index contributed by atoms with van der Waals surface area (Å²) in [5, 5.41) is 10.5. The third-order valence-corrected chi connectivity index (χ3v) is 7.05. The minimum atomic E-state index is -3.66. The second-order valence-electron chi connectivity index (χ2n) is 6.76. The van der Waals surface area contributed by atoms with Gasteiger partial charge in [0.2, 0.25) is 10.0 Å². The zero-order valence-electron chi connectivity index (χ0n) is 16.7. The Balaban J connectivity index is 1.72. The molecule has 5 nitrogen and oxygen atoms in total. The van der Waals surface area contributed by atoms with Gasteiger partial charge in [-0.05, 0) is 61.7 Å². The van der Waals surface area contributed by atoms with Crippen LogP contribution < -0.4 is 9.46 Å². The van der Waals surface area contributed by atoms with Gasteiger partial charge in [0, 0.05) is 16.3 Å². The van der Waals surface area contributed by atoms with Crippen LogP contribution in [0.5, 0.6) is 5.75 Å². The van der Waals surface area contributed by atoms with E-state index in [0.717, 1.165) is 32.2 Å². The van der Waals surface area contributed by atoms with E-state index in [-0.39, 0.29) is 11.4 Å². The quantitative estimate of drug-likeness (QED) is 0.557. The number of hydrogen-bond donors (Lipinski definition) is 2. The predicted octanol–water partition coefficient (Wildman–Crippen LogP) is 4.32. The molecule has 1 atom stereocenters. The molecule has 0 saturated heterocycles. The summed E-state index contributed by atoms with van der Waals surface area (Å²) < 4.78 is 33.7. The fraction of sp³-hybridized carbons (Fsp3) is 0.273. The van der Waals surface area contributed by atoms with Crippen molar-refractivity contribution < 1.29 is 18.3 Å². The number of rotatable bonds is 8. The summed E-state index contributed by atoms with van der Waals surface area (Å²) >= 11 is 1.39. The SMILES string of the molecule is CCOc1c(C)cc(S(=O)(=O)NCc2ccc(C(O)c3ccccc3)s2)cc1C. The van der Waals surface area contributed by atoms with E-state index in [2.05, 4.69) is 4.72 Å². The standard InChI is InChI=1S/C22H25NO4S2/c1-4-27-22-15(2)12-19(13-16(22)3)29(25,26)23-14-18-10-11-20(28-18)21(24)17-8-6-5-7-9-17/h5-13,21,23-24H,4,14H2,1-3H3. The molecule has 1 unspecified atom stereocenters. The molecule has 1 aromatic heterocycles. The largest absolute Gasteiger partial charge is 0.493 e. The number of benzene rings is 2. The van der Waals surface area contributed by atoms with Crippen molar-refractivity contribution in [2.24, 2.45) is 0 Å². The third-order valence-electron chi connectivity index (χ3n) is 4.54. The lowest BCUT2D eigenvalue weighted by Gasteiger charge is -2.13. The average molecular weight is 432 g/mol. The molecule has 2 N–H and O–H groups in total. The average Bonchev–Trinajstić information content (AvgIpc) is 3.18. The maximum absolute atomic E-state index is 12.7. The van der Waals surface area contributed by atoms with Crippen LogP contribution in [0, 0.1) is 13.8 Å². The number of aliphatic hydroxyl groups is 1. The van der Waals surface area contributed by atoms with Crippen LogP contribution in [0.4, 0.5) is 0 Å². The maximum atomic E-state index is 12.7. The molecule has 0 bridgehead atoms. The Bertz CT molecular complexity index is 1050. The van der Waals surface area contributed by atoms with E-state index < -0.39 is 16.1 Å². The van der Waals surface area contributed by atoms with Crippen LogP contribution in [-0.4, -0.2) is 20.1 Å². The molecule has 0 fully saturated rings. The van der Waals surface area contributed by atoms with Gasteiger partial charge in [0.1, 0.15) is 11.9 Å². The normalized spacial score (nSPS) is 12.7. The zero-order chi connectivity index (χ0) is 21.0. The van der Waals surface area contributed by atoms with Crippen molar-refractivity contribution >= 4 is 21.4 Å². The molecule has 3 aromatic rings. The van der Waals surface area contributed by atoms with E-state index in [1.54, 1.807) is 12.1 Å². The van der Waals surface area contributed by atoms with Crippen molar-refractivity contribution in [2.45, 2.75) is 38.3 Å². The van der Waals surface area contributed by atoms with Crippen LogP contribution in [0.25, 0.3) is 0 Å². The monoisotopic (exact) mass is 431 g/mol. The first-order valence-electron chi connectivity index (χ1n) is 9.37. The molecule has 7 heteroatoms. The van der Waals surface area contributed by atoms with Gasteiger partial charge in [-0.15, -0.1) is 11.3 Å². The second-order valence-corrected chi connectivity index (χ2v) is 9.73. The van der Waals surface area contributed by atoms with Gasteiger partial charge in [-0.1, -0.05) is 30.3 Å². The number of thiophene rings is 1. The fourth-order valence-corrected chi connectivity index (χ4v) is 5.36. The van der Waals surface area contributed by atoms with Gasteiger partial charge in [-0.25, -0.2) is 13.1 Å². The molecule has 0 radical (unpaired) electrons. The zero-order valence-corrected chi connectivity index (χ0v) is 18.3. The van der Waals surface area contributed by atoms with E-state index in [1.807, 2.05) is 63.2 Å². The molecule has 0 saturated carbocycles. The predicted molar refractivity (Wildman–Crippen MR) is 116 cm³/mol. The number of hydrogen-bond acceptors (Lipinski definition) is 5. The highest BCUT2D eigenvalue weighted by molar-refractivity contribution is 7.89. The Kier molecular flexibility index (Phi) is 6.74. The Morgan fingerprint density at radius 2 is 1.72 bits per heavy atom. The molecular weight excluding hydrogens is 406 g/mol. The van der Waals surface area contributed by atoms with Crippen LogP contribution in [0.15, 0.2) is 59.5 Å². The summed E-state index contributed by atoms with van der Waals surface area (Å²) in [7, 11) is -3.66. The molecule has 1 heterocycles. The first kappa shape index (κ1) is 21.5. The highest BCUT2D eigenvalue weighted by Crippen LogP contribution is 2.29. The number of sulfonamides is 1. The van der Waals surface area contributed by atoms with Gasteiger partial charge in [-0.2, -0.15) is 0 Å². The van der Waals surface area contributed by atoms with Gasteiger partial charge >= 0.3 is 0 Å². The lowest BCUT2D eigenvalue weighted by Crippen LogP contribution is -2.23. The molecule has 0 aliphatic heterocycles. The molecule has 2 aromatic carbocycles. The Morgan fingerprint density at radius 3 is 2.34 bits per heavy atom. The molecule has 0 aliphatic carbocycles. The Labute approximate surface area is 176 Å². The summed E-state index contributed by atoms with van der Waals surface area (Å²) in [6.45, 7) is 6.28. The third kappa shape index (κ3) is 5.05. The molecule has 154 valence electrons.